The Bertz CT molecular complexity index is 421. The van der Waals surface area contributed by atoms with E-state index in [4.69, 9.17) is 0 Å². The van der Waals surface area contributed by atoms with Crippen LogP contribution in [0.4, 0.5) is 0 Å². The predicted octanol–water partition coefficient (Wildman–Crippen LogP) is 3.14. The Morgan fingerprint density at radius 3 is 2.82 bits per heavy atom. The fourth-order valence-corrected chi connectivity index (χ4v) is 3.14. The van der Waals surface area contributed by atoms with Gasteiger partial charge in [0.2, 0.25) is 0 Å². The molecule has 1 aliphatic carbocycles. The first-order valence-corrected chi connectivity index (χ1v) is 6.91. The molecule has 4 heteroatoms. The van der Waals surface area contributed by atoms with E-state index in [0.29, 0.717) is 0 Å². The van der Waals surface area contributed by atoms with Gasteiger partial charge in [0.05, 0.1) is 4.88 Å². The summed E-state index contributed by atoms with van der Waals surface area (Å²) >= 11 is 1.63. The van der Waals surface area contributed by atoms with Crippen LogP contribution in [0.5, 0.6) is 0 Å². The number of fused-ring (bicyclic) bond motifs is 1. The molecule has 3 nitrogen and oxygen atoms in total. The minimum absolute atomic E-state index is 0.0794. The third-order valence-electron chi connectivity index (χ3n) is 2.85. The smallest absolute Gasteiger partial charge is 0.266 e. The first kappa shape index (κ1) is 12.3. The van der Waals surface area contributed by atoms with E-state index in [1.165, 1.54) is 29.7 Å². The summed E-state index contributed by atoms with van der Waals surface area (Å²) in [6, 6.07) is 2.04. The molecule has 0 saturated heterocycles. The Morgan fingerprint density at radius 2 is 2.06 bits per heavy atom. The van der Waals surface area contributed by atoms with Crippen LogP contribution in [0.15, 0.2) is 11.2 Å². The zero-order valence-electron chi connectivity index (χ0n) is 10.4. The van der Waals surface area contributed by atoms with Crippen molar-refractivity contribution >= 4 is 23.0 Å². The quantitative estimate of drug-likeness (QED) is 0.489. The highest BCUT2D eigenvalue weighted by Crippen LogP contribution is 2.28. The molecule has 0 aliphatic heterocycles. The minimum atomic E-state index is -0.0794. The summed E-state index contributed by atoms with van der Waals surface area (Å²) in [6.07, 6.45) is 6.05. The molecule has 92 valence electrons. The zero-order chi connectivity index (χ0) is 12.3. The first-order valence-electron chi connectivity index (χ1n) is 6.09. The van der Waals surface area contributed by atoms with Crippen molar-refractivity contribution in [3.63, 3.8) is 0 Å². The van der Waals surface area contributed by atoms with Crippen LogP contribution in [0.25, 0.3) is 0 Å². The Morgan fingerprint density at radius 1 is 1.29 bits per heavy atom. The second-order valence-electron chi connectivity index (χ2n) is 4.62. The number of hydrogen-bond acceptors (Lipinski definition) is 3. The summed E-state index contributed by atoms with van der Waals surface area (Å²) in [4.78, 5) is 14.0. The molecule has 0 aromatic carbocycles. The molecule has 1 aliphatic rings. The molecule has 1 N–H and O–H groups in total. The number of amides is 1. The maximum absolute atomic E-state index is 11.8. The van der Waals surface area contributed by atoms with E-state index in [-0.39, 0.29) is 5.91 Å². The van der Waals surface area contributed by atoms with Crippen molar-refractivity contribution in [3.8, 4) is 0 Å². The molecule has 17 heavy (non-hydrogen) atoms. The summed E-state index contributed by atoms with van der Waals surface area (Å²) in [5, 5.41) is 3.95. The lowest BCUT2D eigenvalue weighted by molar-refractivity contribution is 0.0958. The summed E-state index contributed by atoms with van der Waals surface area (Å²) < 4.78 is 0. The van der Waals surface area contributed by atoms with Gasteiger partial charge in [-0.05, 0) is 51.2 Å². The monoisotopic (exact) mass is 250 g/mol. The van der Waals surface area contributed by atoms with Gasteiger partial charge in [0.15, 0.2) is 0 Å². The van der Waals surface area contributed by atoms with Crippen molar-refractivity contribution in [3.05, 3.63) is 21.4 Å². The maximum Gasteiger partial charge on any atom is 0.281 e. The standard InChI is InChI=1S/C13H18N2OS/c1-9(2)14-15-13(16)12-8-10-6-4-3-5-7-11(10)17-12/h8H,3-7H2,1-2H3,(H,15,16). The molecule has 0 spiro atoms. The molecule has 0 unspecified atom stereocenters. The van der Waals surface area contributed by atoms with Gasteiger partial charge in [-0.25, -0.2) is 5.43 Å². The largest absolute Gasteiger partial charge is 0.281 e. The van der Waals surface area contributed by atoms with E-state index in [1.807, 2.05) is 19.9 Å². The molecule has 0 saturated carbocycles. The molecule has 2 rings (SSSR count). The van der Waals surface area contributed by atoms with Gasteiger partial charge < -0.3 is 0 Å². The fourth-order valence-electron chi connectivity index (χ4n) is 2.00. The second kappa shape index (κ2) is 5.45. The minimum Gasteiger partial charge on any atom is -0.266 e. The number of aryl methyl sites for hydroxylation is 2. The topological polar surface area (TPSA) is 41.5 Å². The third kappa shape index (κ3) is 3.16. The van der Waals surface area contributed by atoms with Gasteiger partial charge in [-0.2, -0.15) is 5.10 Å². The number of nitrogens with zero attached hydrogens (tertiary/aromatic N) is 1. The summed E-state index contributed by atoms with van der Waals surface area (Å²) in [5.41, 5.74) is 4.81. The van der Waals surface area contributed by atoms with Crippen LogP contribution in [-0.2, 0) is 12.8 Å². The summed E-state index contributed by atoms with van der Waals surface area (Å²) in [5.74, 6) is -0.0794. The lowest BCUT2D eigenvalue weighted by atomic mass is 10.1. The molecule has 0 fully saturated rings. The van der Waals surface area contributed by atoms with Gasteiger partial charge in [-0.15, -0.1) is 11.3 Å². The van der Waals surface area contributed by atoms with Gasteiger partial charge in [-0.1, -0.05) is 6.42 Å². The van der Waals surface area contributed by atoms with Gasteiger partial charge in [0, 0.05) is 10.6 Å². The van der Waals surface area contributed by atoms with Gasteiger partial charge in [-0.3, -0.25) is 4.79 Å². The number of carbonyl (C=O) groups excluding carboxylic acids is 1. The van der Waals surface area contributed by atoms with E-state index in [9.17, 15) is 4.79 Å². The van der Waals surface area contributed by atoms with E-state index in [1.54, 1.807) is 11.3 Å². The molecule has 1 aromatic heterocycles. The summed E-state index contributed by atoms with van der Waals surface area (Å²) in [7, 11) is 0. The highest BCUT2D eigenvalue weighted by atomic mass is 32.1. The Hall–Kier alpha value is -1.16. The van der Waals surface area contributed by atoms with Crippen molar-refractivity contribution in [2.24, 2.45) is 5.10 Å². The van der Waals surface area contributed by atoms with Crippen LogP contribution in [0.2, 0.25) is 0 Å². The molecule has 1 aromatic rings. The number of rotatable bonds is 2. The van der Waals surface area contributed by atoms with Crippen molar-refractivity contribution in [2.45, 2.75) is 46.0 Å². The summed E-state index contributed by atoms with van der Waals surface area (Å²) in [6.45, 7) is 3.73. The van der Waals surface area contributed by atoms with Gasteiger partial charge in [0.1, 0.15) is 0 Å². The Balaban J connectivity index is 2.12. The Kier molecular flexibility index (Phi) is 3.94. The number of nitrogens with one attached hydrogen (secondary N) is 1. The van der Waals surface area contributed by atoms with Crippen LogP contribution < -0.4 is 5.43 Å². The van der Waals surface area contributed by atoms with Crippen LogP contribution in [0.1, 0.15) is 53.2 Å². The maximum atomic E-state index is 11.8. The lowest BCUT2D eigenvalue weighted by Crippen LogP contribution is -2.17. The van der Waals surface area contributed by atoms with Crippen LogP contribution in [0.3, 0.4) is 0 Å². The van der Waals surface area contributed by atoms with Crippen molar-refractivity contribution < 1.29 is 4.79 Å². The van der Waals surface area contributed by atoms with Crippen LogP contribution in [0, 0.1) is 0 Å². The van der Waals surface area contributed by atoms with E-state index < -0.39 is 0 Å². The van der Waals surface area contributed by atoms with Crippen LogP contribution in [-0.4, -0.2) is 11.6 Å². The average Bonchev–Trinajstić information content (AvgIpc) is 2.58. The van der Waals surface area contributed by atoms with Gasteiger partial charge >= 0.3 is 0 Å². The lowest BCUT2D eigenvalue weighted by Gasteiger charge is -1.96. The fraction of sp³-hybridized carbons (Fsp3) is 0.538. The molecular formula is C13H18N2OS. The predicted molar refractivity (Wildman–Crippen MR) is 71.8 cm³/mol. The molecule has 0 atom stereocenters. The molecular weight excluding hydrogens is 232 g/mol. The molecule has 1 amide bonds. The van der Waals surface area contributed by atoms with Crippen LogP contribution >= 0.6 is 11.3 Å². The van der Waals surface area contributed by atoms with E-state index in [0.717, 1.165) is 23.4 Å². The van der Waals surface area contributed by atoms with Crippen molar-refractivity contribution in [1.29, 1.82) is 0 Å². The van der Waals surface area contributed by atoms with E-state index in [2.05, 4.69) is 10.5 Å². The zero-order valence-corrected chi connectivity index (χ0v) is 11.2. The normalized spacial score (nSPS) is 14.7. The Labute approximate surface area is 106 Å². The average molecular weight is 250 g/mol. The highest BCUT2D eigenvalue weighted by molar-refractivity contribution is 7.14. The molecule has 1 heterocycles. The number of carbonyl (C=O) groups is 1. The molecule has 0 bridgehead atoms. The number of thiophene rings is 1. The molecule has 0 radical (unpaired) electrons. The van der Waals surface area contributed by atoms with Crippen molar-refractivity contribution in [1.82, 2.24) is 5.43 Å². The number of hydrogen-bond donors (Lipinski definition) is 1. The highest BCUT2D eigenvalue weighted by Gasteiger charge is 2.15. The first-order chi connectivity index (χ1) is 8.16. The number of hydrazone groups is 1. The SMILES string of the molecule is CC(C)=NNC(=O)c1cc2c(s1)CCCCC2. The van der Waals surface area contributed by atoms with Crippen molar-refractivity contribution in [2.75, 3.05) is 0 Å². The third-order valence-corrected chi connectivity index (χ3v) is 4.09. The van der Waals surface area contributed by atoms with E-state index >= 15 is 0 Å². The van der Waals surface area contributed by atoms with Gasteiger partial charge in [0.25, 0.3) is 5.91 Å². The second-order valence-corrected chi connectivity index (χ2v) is 5.76.